The van der Waals surface area contributed by atoms with Crippen LogP contribution in [0.4, 0.5) is 0 Å². The Bertz CT molecular complexity index is 386. The minimum absolute atomic E-state index is 0.504. The molecule has 2 fully saturated rings. The van der Waals surface area contributed by atoms with E-state index >= 15 is 0 Å². The molecule has 1 aromatic heterocycles. The Kier molecular flexibility index (Phi) is 3.42. The fraction of sp³-hybridized carbons (Fsp3) is 0.800. The van der Waals surface area contributed by atoms with Crippen molar-refractivity contribution in [3.8, 4) is 0 Å². The van der Waals surface area contributed by atoms with Crippen molar-refractivity contribution < 1.29 is 0 Å². The third-order valence-electron chi connectivity index (χ3n) is 5.19. The van der Waals surface area contributed by atoms with Crippen molar-refractivity contribution in [3.05, 3.63) is 18.2 Å². The second-order valence-corrected chi connectivity index (χ2v) is 6.18. The van der Waals surface area contributed by atoms with Gasteiger partial charge in [-0.1, -0.05) is 13.3 Å². The fourth-order valence-corrected chi connectivity index (χ4v) is 3.45. The number of nitrogens with one attached hydrogen (secondary N) is 1. The van der Waals surface area contributed by atoms with Crippen LogP contribution in [-0.2, 0) is 6.54 Å². The average molecular weight is 247 g/mol. The van der Waals surface area contributed by atoms with Crippen LogP contribution in [0.15, 0.2) is 12.5 Å². The van der Waals surface area contributed by atoms with Crippen LogP contribution in [0.3, 0.4) is 0 Å². The standard InChI is InChI=1S/C15H25N3/c1-2-15(6-8-16-9-7-15)11-18-12-17-10-14(18)13-4-3-5-13/h10,12-13,16H,2-9,11H2,1H3. The summed E-state index contributed by atoms with van der Waals surface area (Å²) in [6.45, 7) is 5.89. The average Bonchev–Trinajstić information content (AvgIpc) is 2.76. The molecular formula is C15H25N3. The Morgan fingerprint density at radius 1 is 1.39 bits per heavy atom. The van der Waals surface area contributed by atoms with Crippen molar-refractivity contribution in [1.82, 2.24) is 14.9 Å². The van der Waals surface area contributed by atoms with Gasteiger partial charge < -0.3 is 9.88 Å². The summed E-state index contributed by atoms with van der Waals surface area (Å²) in [4.78, 5) is 4.40. The first kappa shape index (κ1) is 12.2. The molecule has 0 amide bonds. The lowest BCUT2D eigenvalue weighted by molar-refractivity contribution is 0.157. The minimum Gasteiger partial charge on any atom is -0.334 e. The SMILES string of the molecule is CCC1(Cn2cncc2C2CCC2)CCNCC1. The largest absolute Gasteiger partial charge is 0.334 e. The molecule has 1 aliphatic carbocycles. The van der Waals surface area contributed by atoms with Gasteiger partial charge in [0, 0.05) is 24.4 Å². The molecule has 0 unspecified atom stereocenters. The molecule has 1 saturated carbocycles. The quantitative estimate of drug-likeness (QED) is 0.886. The Hall–Kier alpha value is -0.830. The first-order valence-electron chi connectivity index (χ1n) is 7.54. The number of nitrogens with zero attached hydrogens (tertiary/aromatic N) is 2. The van der Waals surface area contributed by atoms with Gasteiger partial charge in [0.15, 0.2) is 0 Å². The summed E-state index contributed by atoms with van der Waals surface area (Å²) in [5.74, 6) is 0.795. The predicted octanol–water partition coefficient (Wildman–Crippen LogP) is 2.93. The van der Waals surface area contributed by atoms with Crippen LogP contribution >= 0.6 is 0 Å². The lowest BCUT2D eigenvalue weighted by Crippen LogP contribution is -2.39. The molecule has 1 N–H and O–H groups in total. The zero-order valence-electron chi connectivity index (χ0n) is 11.5. The van der Waals surface area contributed by atoms with Crippen molar-refractivity contribution in [2.24, 2.45) is 5.41 Å². The van der Waals surface area contributed by atoms with Gasteiger partial charge in [-0.15, -0.1) is 0 Å². The summed E-state index contributed by atoms with van der Waals surface area (Å²) in [5, 5.41) is 3.49. The monoisotopic (exact) mass is 247 g/mol. The number of piperidine rings is 1. The summed E-state index contributed by atoms with van der Waals surface area (Å²) in [6.07, 6.45) is 12.2. The summed E-state index contributed by atoms with van der Waals surface area (Å²) in [7, 11) is 0. The van der Waals surface area contributed by atoms with E-state index in [1.165, 1.54) is 63.9 Å². The molecule has 3 rings (SSSR count). The maximum absolute atomic E-state index is 4.40. The number of hydrogen-bond donors (Lipinski definition) is 1. The van der Waals surface area contributed by atoms with E-state index in [0.29, 0.717) is 5.41 Å². The molecule has 3 nitrogen and oxygen atoms in total. The highest BCUT2D eigenvalue weighted by molar-refractivity contribution is 5.10. The van der Waals surface area contributed by atoms with Gasteiger partial charge >= 0.3 is 0 Å². The first-order chi connectivity index (χ1) is 8.83. The van der Waals surface area contributed by atoms with Crippen LogP contribution in [-0.4, -0.2) is 22.6 Å². The highest BCUT2D eigenvalue weighted by Gasteiger charge is 2.32. The molecule has 0 atom stereocenters. The van der Waals surface area contributed by atoms with Gasteiger partial charge in [-0.2, -0.15) is 0 Å². The van der Waals surface area contributed by atoms with Crippen molar-refractivity contribution in [1.29, 1.82) is 0 Å². The molecule has 0 radical (unpaired) electrons. The van der Waals surface area contributed by atoms with Crippen LogP contribution in [0.2, 0.25) is 0 Å². The second-order valence-electron chi connectivity index (χ2n) is 6.18. The Morgan fingerprint density at radius 2 is 2.17 bits per heavy atom. The molecule has 3 heteroatoms. The molecule has 2 heterocycles. The molecular weight excluding hydrogens is 222 g/mol. The van der Waals surface area contributed by atoms with Gasteiger partial charge in [-0.05, 0) is 50.6 Å². The minimum atomic E-state index is 0.504. The highest BCUT2D eigenvalue weighted by Crippen LogP contribution is 2.39. The zero-order chi connectivity index (χ0) is 12.4. The van der Waals surface area contributed by atoms with E-state index in [-0.39, 0.29) is 0 Å². The van der Waals surface area contributed by atoms with E-state index in [2.05, 4.69) is 34.3 Å². The van der Waals surface area contributed by atoms with Gasteiger partial charge in [0.2, 0.25) is 0 Å². The first-order valence-corrected chi connectivity index (χ1v) is 7.54. The van der Waals surface area contributed by atoms with Crippen molar-refractivity contribution in [3.63, 3.8) is 0 Å². The van der Waals surface area contributed by atoms with Crippen molar-refractivity contribution in [2.75, 3.05) is 13.1 Å². The smallest absolute Gasteiger partial charge is 0.0948 e. The third-order valence-corrected chi connectivity index (χ3v) is 5.19. The molecule has 0 bridgehead atoms. The summed E-state index contributed by atoms with van der Waals surface area (Å²) in [5.41, 5.74) is 2.00. The van der Waals surface area contributed by atoms with Gasteiger partial charge in [0.1, 0.15) is 0 Å². The van der Waals surface area contributed by atoms with E-state index in [0.717, 1.165) is 5.92 Å². The maximum Gasteiger partial charge on any atom is 0.0948 e. The van der Waals surface area contributed by atoms with Crippen LogP contribution in [0.5, 0.6) is 0 Å². The summed E-state index contributed by atoms with van der Waals surface area (Å²) in [6, 6.07) is 0. The van der Waals surface area contributed by atoms with E-state index in [1.54, 1.807) is 0 Å². The van der Waals surface area contributed by atoms with Crippen LogP contribution in [0.1, 0.15) is 57.1 Å². The van der Waals surface area contributed by atoms with E-state index in [4.69, 9.17) is 0 Å². The van der Waals surface area contributed by atoms with E-state index in [9.17, 15) is 0 Å². The van der Waals surface area contributed by atoms with Crippen LogP contribution in [0.25, 0.3) is 0 Å². The van der Waals surface area contributed by atoms with Crippen LogP contribution < -0.4 is 5.32 Å². The number of rotatable bonds is 4. The number of hydrogen-bond acceptors (Lipinski definition) is 2. The molecule has 18 heavy (non-hydrogen) atoms. The second kappa shape index (κ2) is 5.04. The molecule has 100 valence electrons. The van der Waals surface area contributed by atoms with E-state index in [1.807, 2.05) is 0 Å². The molecule has 0 aromatic carbocycles. The molecule has 1 aromatic rings. The third kappa shape index (κ3) is 2.20. The van der Waals surface area contributed by atoms with Gasteiger partial charge in [-0.3, -0.25) is 0 Å². The van der Waals surface area contributed by atoms with Gasteiger partial charge in [-0.25, -0.2) is 4.98 Å². The Morgan fingerprint density at radius 3 is 2.78 bits per heavy atom. The van der Waals surface area contributed by atoms with E-state index < -0.39 is 0 Å². The predicted molar refractivity (Wildman–Crippen MR) is 73.6 cm³/mol. The maximum atomic E-state index is 4.40. The van der Waals surface area contributed by atoms with Crippen LogP contribution in [0, 0.1) is 5.41 Å². The molecule has 0 spiro atoms. The fourth-order valence-electron chi connectivity index (χ4n) is 3.45. The van der Waals surface area contributed by atoms with Gasteiger partial charge in [0.05, 0.1) is 6.33 Å². The summed E-state index contributed by atoms with van der Waals surface area (Å²) < 4.78 is 2.46. The highest BCUT2D eigenvalue weighted by atomic mass is 15.1. The zero-order valence-corrected chi connectivity index (χ0v) is 11.5. The lowest BCUT2D eigenvalue weighted by atomic mass is 9.76. The van der Waals surface area contributed by atoms with Gasteiger partial charge in [0.25, 0.3) is 0 Å². The van der Waals surface area contributed by atoms with Crippen molar-refractivity contribution >= 4 is 0 Å². The topological polar surface area (TPSA) is 29.9 Å². The Labute approximate surface area is 110 Å². The summed E-state index contributed by atoms with van der Waals surface area (Å²) >= 11 is 0. The Balaban J connectivity index is 1.76. The molecule has 2 aliphatic rings. The molecule has 1 aliphatic heterocycles. The lowest BCUT2D eigenvalue weighted by Gasteiger charge is -2.38. The molecule has 1 saturated heterocycles. The normalized spacial score (nSPS) is 23.8. The van der Waals surface area contributed by atoms with Crippen molar-refractivity contribution in [2.45, 2.75) is 57.9 Å². The number of aromatic nitrogens is 2. The number of imidazole rings is 1.